The zero-order chi connectivity index (χ0) is 13.9. The molecule has 0 aliphatic carbocycles. The lowest BCUT2D eigenvalue weighted by atomic mass is 10.2. The Balaban J connectivity index is 2.70. The standard InChI is InChI=1S/C16H21NOSi/c1-16(2,3)19(17-18,14-10-6-4-7-11-14)15-12-8-5-9-13-15/h4-13,17-18H,1-3H3. The van der Waals surface area contributed by atoms with E-state index in [1.807, 2.05) is 36.4 Å². The van der Waals surface area contributed by atoms with Crippen molar-refractivity contribution < 1.29 is 5.21 Å². The topological polar surface area (TPSA) is 32.3 Å². The molecule has 0 amide bonds. The number of nitrogens with one attached hydrogen (secondary N) is 1. The summed E-state index contributed by atoms with van der Waals surface area (Å²) in [7, 11) is -2.42. The van der Waals surface area contributed by atoms with Gasteiger partial charge < -0.3 is 5.21 Å². The molecule has 0 saturated heterocycles. The van der Waals surface area contributed by atoms with Crippen molar-refractivity contribution in [2.24, 2.45) is 0 Å². The Morgan fingerprint density at radius 2 is 1.16 bits per heavy atom. The summed E-state index contributed by atoms with van der Waals surface area (Å²) < 4.78 is 0. The zero-order valence-corrected chi connectivity index (χ0v) is 12.7. The fourth-order valence-electron chi connectivity index (χ4n) is 2.71. The minimum atomic E-state index is -2.42. The molecule has 0 saturated carbocycles. The van der Waals surface area contributed by atoms with Crippen LogP contribution in [0.3, 0.4) is 0 Å². The van der Waals surface area contributed by atoms with Gasteiger partial charge in [-0.1, -0.05) is 81.4 Å². The van der Waals surface area contributed by atoms with Gasteiger partial charge >= 0.3 is 0 Å². The van der Waals surface area contributed by atoms with Crippen molar-refractivity contribution in [2.75, 3.05) is 0 Å². The van der Waals surface area contributed by atoms with E-state index in [4.69, 9.17) is 0 Å². The van der Waals surface area contributed by atoms with E-state index >= 15 is 0 Å². The molecule has 3 heteroatoms. The molecule has 0 aliphatic rings. The Bertz CT molecular complexity index is 480. The highest BCUT2D eigenvalue weighted by Gasteiger charge is 2.48. The van der Waals surface area contributed by atoms with Crippen molar-refractivity contribution in [1.29, 1.82) is 0 Å². The Morgan fingerprint density at radius 3 is 1.42 bits per heavy atom. The third kappa shape index (κ3) is 2.37. The fourth-order valence-corrected chi connectivity index (χ4v) is 6.75. The third-order valence-corrected chi connectivity index (χ3v) is 8.69. The molecule has 0 radical (unpaired) electrons. The summed E-state index contributed by atoms with van der Waals surface area (Å²) in [4.78, 5) is 0. The molecule has 2 nitrogen and oxygen atoms in total. The molecule has 0 spiro atoms. The number of rotatable bonds is 3. The maximum Gasteiger partial charge on any atom is 0.222 e. The Morgan fingerprint density at radius 1 is 0.789 bits per heavy atom. The van der Waals surface area contributed by atoms with Gasteiger partial charge in [0, 0.05) is 0 Å². The van der Waals surface area contributed by atoms with E-state index in [-0.39, 0.29) is 5.04 Å². The maximum atomic E-state index is 10.0. The first-order valence-corrected chi connectivity index (χ1v) is 8.54. The SMILES string of the molecule is CC(C)(C)[Si](NO)(c1ccccc1)c1ccccc1. The highest BCUT2D eigenvalue weighted by molar-refractivity contribution is 7.02. The minimum Gasteiger partial charge on any atom is -0.323 e. The summed E-state index contributed by atoms with van der Waals surface area (Å²) in [5.41, 5.74) is 0. The molecule has 0 heterocycles. The average Bonchev–Trinajstić information content (AvgIpc) is 2.41. The van der Waals surface area contributed by atoms with Gasteiger partial charge in [-0.25, -0.2) is 5.15 Å². The highest BCUT2D eigenvalue weighted by atomic mass is 28.3. The van der Waals surface area contributed by atoms with Crippen LogP contribution in [0.4, 0.5) is 0 Å². The number of hydrogen-bond donors (Lipinski definition) is 2. The summed E-state index contributed by atoms with van der Waals surface area (Å²) in [5, 5.41) is 15.1. The predicted molar refractivity (Wildman–Crippen MR) is 82.5 cm³/mol. The normalized spacial score (nSPS) is 12.4. The van der Waals surface area contributed by atoms with Crippen LogP contribution in [0.15, 0.2) is 60.7 Å². The lowest BCUT2D eigenvalue weighted by Crippen LogP contribution is -2.73. The first-order chi connectivity index (χ1) is 9.02. The van der Waals surface area contributed by atoms with Gasteiger partial charge in [0.15, 0.2) is 0 Å². The summed E-state index contributed by atoms with van der Waals surface area (Å²) in [6, 6.07) is 20.6. The summed E-state index contributed by atoms with van der Waals surface area (Å²) in [6.07, 6.45) is 0. The lowest BCUT2D eigenvalue weighted by molar-refractivity contribution is 0.233. The van der Waals surface area contributed by atoms with Crippen molar-refractivity contribution in [3.8, 4) is 0 Å². The zero-order valence-electron chi connectivity index (χ0n) is 11.7. The highest BCUT2D eigenvalue weighted by Crippen LogP contribution is 2.33. The van der Waals surface area contributed by atoms with Crippen LogP contribution in [0.2, 0.25) is 5.04 Å². The quantitative estimate of drug-likeness (QED) is 0.664. The number of hydrogen-bond acceptors (Lipinski definition) is 2. The van der Waals surface area contributed by atoms with Crippen molar-refractivity contribution in [1.82, 2.24) is 5.15 Å². The van der Waals surface area contributed by atoms with E-state index in [1.54, 1.807) is 0 Å². The summed E-state index contributed by atoms with van der Waals surface area (Å²) in [6.45, 7) is 6.55. The monoisotopic (exact) mass is 271 g/mol. The van der Waals surface area contributed by atoms with Crippen LogP contribution in [-0.4, -0.2) is 13.4 Å². The van der Waals surface area contributed by atoms with Gasteiger partial charge in [-0.05, 0) is 15.4 Å². The van der Waals surface area contributed by atoms with Crippen LogP contribution >= 0.6 is 0 Å². The van der Waals surface area contributed by atoms with E-state index in [9.17, 15) is 5.21 Å². The smallest absolute Gasteiger partial charge is 0.222 e. The van der Waals surface area contributed by atoms with Gasteiger partial charge in [-0.15, -0.1) is 0 Å². The van der Waals surface area contributed by atoms with Crippen molar-refractivity contribution in [3.05, 3.63) is 60.7 Å². The molecule has 0 bridgehead atoms. The van der Waals surface area contributed by atoms with Gasteiger partial charge in [0.05, 0.1) is 0 Å². The van der Waals surface area contributed by atoms with Gasteiger partial charge in [-0.3, -0.25) is 0 Å². The molecule has 0 aromatic heterocycles. The molecule has 2 aromatic carbocycles. The Hall–Kier alpha value is -1.42. The molecule has 2 aromatic rings. The Kier molecular flexibility index (Phi) is 3.90. The van der Waals surface area contributed by atoms with Crippen LogP contribution in [-0.2, 0) is 0 Å². The summed E-state index contributed by atoms with van der Waals surface area (Å²) in [5.74, 6) is 0. The van der Waals surface area contributed by atoms with Gasteiger partial charge in [0.2, 0.25) is 8.24 Å². The van der Waals surface area contributed by atoms with E-state index < -0.39 is 8.24 Å². The summed E-state index contributed by atoms with van der Waals surface area (Å²) >= 11 is 0. The second-order valence-electron chi connectivity index (χ2n) is 5.84. The molecule has 100 valence electrons. The van der Waals surface area contributed by atoms with E-state index in [1.165, 1.54) is 10.4 Å². The van der Waals surface area contributed by atoms with Crippen LogP contribution in [0.5, 0.6) is 0 Å². The second kappa shape index (κ2) is 5.29. The van der Waals surface area contributed by atoms with Crippen LogP contribution in [0.1, 0.15) is 20.8 Å². The first kappa shape index (κ1) is 14.0. The molecular formula is C16H21NOSi. The molecule has 0 aliphatic heterocycles. The average molecular weight is 271 g/mol. The van der Waals surface area contributed by atoms with Crippen LogP contribution < -0.4 is 15.5 Å². The second-order valence-corrected chi connectivity index (χ2v) is 10.2. The first-order valence-electron chi connectivity index (χ1n) is 6.54. The maximum absolute atomic E-state index is 10.0. The van der Waals surface area contributed by atoms with E-state index in [2.05, 4.69) is 50.2 Å². The molecule has 0 atom stereocenters. The third-order valence-electron chi connectivity index (χ3n) is 3.71. The van der Waals surface area contributed by atoms with Gasteiger partial charge in [-0.2, -0.15) is 0 Å². The van der Waals surface area contributed by atoms with Gasteiger partial charge in [0.1, 0.15) is 0 Å². The molecule has 0 fully saturated rings. The van der Waals surface area contributed by atoms with E-state index in [0.717, 1.165) is 0 Å². The van der Waals surface area contributed by atoms with Crippen molar-refractivity contribution in [2.45, 2.75) is 25.8 Å². The van der Waals surface area contributed by atoms with Crippen molar-refractivity contribution >= 4 is 18.6 Å². The van der Waals surface area contributed by atoms with Gasteiger partial charge in [0.25, 0.3) is 0 Å². The van der Waals surface area contributed by atoms with Crippen LogP contribution in [0.25, 0.3) is 0 Å². The Labute approximate surface area is 116 Å². The minimum absolute atomic E-state index is 0.0511. The molecule has 2 rings (SSSR count). The molecular weight excluding hydrogens is 250 g/mol. The molecule has 19 heavy (non-hydrogen) atoms. The number of benzene rings is 2. The van der Waals surface area contributed by atoms with Crippen molar-refractivity contribution in [3.63, 3.8) is 0 Å². The van der Waals surface area contributed by atoms with Crippen LogP contribution in [0, 0.1) is 0 Å². The fraction of sp³-hybridized carbons (Fsp3) is 0.250. The molecule has 0 unspecified atom stereocenters. The van der Waals surface area contributed by atoms with E-state index in [0.29, 0.717) is 0 Å². The largest absolute Gasteiger partial charge is 0.323 e. The lowest BCUT2D eigenvalue weighted by Gasteiger charge is -2.42. The predicted octanol–water partition coefficient (Wildman–Crippen LogP) is 2.53. The molecule has 2 N–H and O–H groups in total.